The van der Waals surface area contributed by atoms with Crippen LogP contribution < -0.4 is 5.32 Å². The minimum Gasteiger partial charge on any atom is -0.298 e. The number of hydrogen-bond donors (Lipinski definition) is 1. The Balaban J connectivity index is 1.91. The van der Waals surface area contributed by atoms with Crippen molar-refractivity contribution in [2.45, 2.75) is 0 Å². The summed E-state index contributed by atoms with van der Waals surface area (Å²) in [7, 11) is 0. The molecular formula is C14H7BrClFN2OS. The number of carbonyl (C=O) groups excluding carboxylic acids is 1. The SMILES string of the molecule is O=C(Nc1nc2ccc(Cl)cc2s1)c1cccc(Br)c1F. The van der Waals surface area contributed by atoms with Crippen molar-refractivity contribution in [3.63, 3.8) is 0 Å². The van der Waals surface area contributed by atoms with E-state index in [1.807, 2.05) is 0 Å². The van der Waals surface area contributed by atoms with E-state index in [0.717, 1.165) is 10.2 Å². The fourth-order valence-electron chi connectivity index (χ4n) is 1.80. The van der Waals surface area contributed by atoms with Crippen molar-refractivity contribution in [3.05, 3.63) is 57.3 Å². The number of carbonyl (C=O) groups is 1. The average molecular weight is 386 g/mol. The van der Waals surface area contributed by atoms with Crippen molar-refractivity contribution in [3.8, 4) is 0 Å². The number of nitrogens with zero attached hydrogens (tertiary/aromatic N) is 1. The molecule has 0 aliphatic carbocycles. The Bertz CT molecular complexity index is 852. The summed E-state index contributed by atoms with van der Waals surface area (Å²) in [6, 6.07) is 9.81. The van der Waals surface area contributed by atoms with E-state index in [4.69, 9.17) is 11.6 Å². The second kappa shape index (κ2) is 5.71. The number of fused-ring (bicyclic) bond motifs is 1. The first-order valence-corrected chi connectivity index (χ1v) is 7.85. The molecule has 1 aromatic heterocycles. The van der Waals surface area contributed by atoms with Crippen LogP contribution in [0.1, 0.15) is 10.4 Å². The van der Waals surface area contributed by atoms with Gasteiger partial charge >= 0.3 is 0 Å². The van der Waals surface area contributed by atoms with Crippen LogP contribution >= 0.6 is 38.9 Å². The molecule has 3 aromatic rings. The van der Waals surface area contributed by atoms with E-state index in [1.165, 1.54) is 23.5 Å². The van der Waals surface area contributed by atoms with Gasteiger partial charge in [-0.3, -0.25) is 10.1 Å². The van der Waals surface area contributed by atoms with Crippen LogP contribution in [0.2, 0.25) is 5.02 Å². The molecule has 1 heterocycles. The third kappa shape index (κ3) is 2.92. The van der Waals surface area contributed by atoms with E-state index in [-0.39, 0.29) is 10.0 Å². The quantitative estimate of drug-likeness (QED) is 0.666. The normalized spacial score (nSPS) is 10.8. The summed E-state index contributed by atoms with van der Waals surface area (Å²) < 4.78 is 15.0. The van der Waals surface area contributed by atoms with E-state index in [1.54, 1.807) is 24.3 Å². The van der Waals surface area contributed by atoms with Crippen LogP contribution in [0.5, 0.6) is 0 Å². The molecule has 0 aliphatic heterocycles. The maximum atomic E-state index is 13.9. The molecule has 0 unspecified atom stereocenters. The van der Waals surface area contributed by atoms with Crippen molar-refractivity contribution in [2.75, 3.05) is 5.32 Å². The Morgan fingerprint density at radius 3 is 2.95 bits per heavy atom. The number of halogens is 3. The first-order chi connectivity index (χ1) is 10.0. The van der Waals surface area contributed by atoms with E-state index >= 15 is 0 Å². The largest absolute Gasteiger partial charge is 0.298 e. The molecule has 0 atom stereocenters. The monoisotopic (exact) mass is 384 g/mol. The van der Waals surface area contributed by atoms with Crippen molar-refractivity contribution < 1.29 is 9.18 Å². The molecule has 0 bridgehead atoms. The minimum atomic E-state index is -0.598. The number of hydrogen-bond acceptors (Lipinski definition) is 3. The van der Waals surface area contributed by atoms with Crippen LogP contribution in [0.4, 0.5) is 9.52 Å². The van der Waals surface area contributed by atoms with Gasteiger partial charge in [0.05, 0.1) is 20.3 Å². The molecule has 0 saturated heterocycles. The first-order valence-electron chi connectivity index (χ1n) is 5.86. The summed E-state index contributed by atoms with van der Waals surface area (Å²) >= 11 is 10.2. The van der Waals surface area contributed by atoms with Crippen molar-refractivity contribution >= 4 is 60.1 Å². The molecule has 21 heavy (non-hydrogen) atoms. The smallest absolute Gasteiger partial charge is 0.260 e. The fraction of sp³-hybridized carbons (Fsp3) is 0. The number of nitrogens with one attached hydrogen (secondary N) is 1. The molecular weight excluding hydrogens is 379 g/mol. The molecule has 7 heteroatoms. The number of thiazole rings is 1. The Morgan fingerprint density at radius 1 is 1.33 bits per heavy atom. The Morgan fingerprint density at radius 2 is 2.14 bits per heavy atom. The lowest BCUT2D eigenvalue weighted by Crippen LogP contribution is -2.13. The lowest BCUT2D eigenvalue weighted by molar-refractivity contribution is 0.102. The van der Waals surface area contributed by atoms with Gasteiger partial charge in [0.15, 0.2) is 5.13 Å². The van der Waals surface area contributed by atoms with Crippen LogP contribution in [-0.4, -0.2) is 10.9 Å². The first kappa shape index (κ1) is 14.4. The van der Waals surface area contributed by atoms with Gasteiger partial charge in [-0.05, 0) is 46.3 Å². The number of benzene rings is 2. The van der Waals surface area contributed by atoms with Crippen molar-refractivity contribution in [2.24, 2.45) is 0 Å². The standard InChI is InChI=1S/C14H7BrClFN2OS/c15-9-3-1-2-8(12(9)17)13(20)19-14-18-10-5-4-7(16)6-11(10)21-14/h1-6H,(H,18,19,20). The molecule has 1 N–H and O–H groups in total. The van der Waals surface area contributed by atoms with Crippen LogP contribution in [0.15, 0.2) is 40.9 Å². The number of aromatic nitrogens is 1. The van der Waals surface area contributed by atoms with E-state index in [9.17, 15) is 9.18 Å². The maximum absolute atomic E-state index is 13.9. The maximum Gasteiger partial charge on any atom is 0.260 e. The molecule has 3 rings (SSSR count). The summed E-state index contributed by atoms with van der Waals surface area (Å²) in [6.45, 7) is 0. The van der Waals surface area contributed by atoms with Crippen molar-refractivity contribution in [1.29, 1.82) is 0 Å². The predicted molar refractivity (Wildman–Crippen MR) is 86.7 cm³/mol. The summed E-state index contributed by atoms with van der Waals surface area (Å²) in [5.41, 5.74) is 0.691. The van der Waals surface area contributed by atoms with E-state index < -0.39 is 11.7 Å². The van der Waals surface area contributed by atoms with Gasteiger partial charge in [0.2, 0.25) is 0 Å². The fourth-order valence-corrected chi connectivity index (χ4v) is 3.30. The highest BCUT2D eigenvalue weighted by atomic mass is 79.9. The predicted octanol–water partition coefficient (Wildman–Crippen LogP) is 5.10. The van der Waals surface area contributed by atoms with E-state index in [2.05, 4.69) is 26.2 Å². The van der Waals surface area contributed by atoms with Gasteiger partial charge in [-0.15, -0.1) is 0 Å². The molecule has 2 aromatic carbocycles. The zero-order valence-electron chi connectivity index (χ0n) is 10.4. The van der Waals surface area contributed by atoms with Gasteiger partial charge in [-0.1, -0.05) is 29.0 Å². The summed E-state index contributed by atoms with van der Waals surface area (Å²) in [4.78, 5) is 16.4. The van der Waals surface area contributed by atoms with Gasteiger partial charge in [0.25, 0.3) is 5.91 Å². The number of rotatable bonds is 2. The molecule has 0 fully saturated rings. The highest BCUT2D eigenvalue weighted by molar-refractivity contribution is 9.10. The minimum absolute atomic E-state index is 0.0401. The topological polar surface area (TPSA) is 42.0 Å². The van der Waals surface area contributed by atoms with Crippen LogP contribution in [0, 0.1) is 5.82 Å². The Hall–Kier alpha value is -1.50. The number of anilines is 1. The zero-order chi connectivity index (χ0) is 15.0. The van der Waals surface area contributed by atoms with Crippen LogP contribution in [0.25, 0.3) is 10.2 Å². The van der Waals surface area contributed by atoms with Gasteiger partial charge in [0, 0.05) is 5.02 Å². The Labute approximate surface area is 136 Å². The molecule has 1 amide bonds. The third-order valence-corrected chi connectivity index (χ3v) is 4.55. The van der Waals surface area contributed by atoms with Gasteiger partial charge in [0.1, 0.15) is 5.82 Å². The molecule has 3 nitrogen and oxygen atoms in total. The second-order valence-electron chi connectivity index (χ2n) is 4.19. The van der Waals surface area contributed by atoms with Crippen LogP contribution in [-0.2, 0) is 0 Å². The molecule has 0 spiro atoms. The molecule has 0 radical (unpaired) electrons. The van der Waals surface area contributed by atoms with Crippen molar-refractivity contribution in [1.82, 2.24) is 4.98 Å². The lowest BCUT2D eigenvalue weighted by atomic mass is 10.2. The van der Waals surface area contributed by atoms with E-state index in [0.29, 0.717) is 10.2 Å². The summed E-state index contributed by atoms with van der Waals surface area (Å²) in [6.07, 6.45) is 0. The Kier molecular flexibility index (Phi) is 3.93. The van der Waals surface area contributed by atoms with Gasteiger partial charge in [-0.2, -0.15) is 0 Å². The lowest BCUT2D eigenvalue weighted by Gasteiger charge is -2.03. The highest BCUT2D eigenvalue weighted by Crippen LogP contribution is 2.29. The highest BCUT2D eigenvalue weighted by Gasteiger charge is 2.15. The summed E-state index contributed by atoms with van der Waals surface area (Å²) in [5, 5.41) is 3.60. The van der Waals surface area contributed by atoms with Crippen LogP contribution in [0.3, 0.4) is 0 Å². The zero-order valence-corrected chi connectivity index (χ0v) is 13.5. The third-order valence-electron chi connectivity index (χ3n) is 2.77. The molecule has 106 valence electrons. The second-order valence-corrected chi connectivity index (χ2v) is 6.51. The average Bonchev–Trinajstić information content (AvgIpc) is 2.83. The summed E-state index contributed by atoms with van der Waals surface area (Å²) in [5.74, 6) is -1.14. The molecule has 0 saturated carbocycles. The van der Waals surface area contributed by atoms with Gasteiger partial charge < -0.3 is 0 Å². The number of amides is 1. The molecule has 0 aliphatic rings. The van der Waals surface area contributed by atoms with Gasteiger partial charge in [-0.25, -0.2) is 9.37 Å².